The highest BCUT2D eigenvalue weighted by Crippen LogP contribution is 2.37. The van der Waals surface area contributed by atoms with Crippen molar-refractivity contribution in [2.24, 2.45) is 5.92 Å². The first-order chi connectivity index (χ1) is 18.7. The number of benzene rings is 3. The predicted octanol–water partition coefficient (Wildman–Crippen LogP) is 11.1. The monoisotopic (exact) mass is 510 g/mol. The molecule has 1 fully saturated rings. The van der Waals surface area contributed by atoms with Gasteiger partial charge < -0.3 is 0 Å². The van der Waals surface area contributed by atoms with Gasteiger partial charge in [-0.05, 0) is 85.1 Å². The van der Waals surface area contributed by atoms with Crippen LogP contribution in [0.15, 0.2) is 54.6 Å². The lowest BCUT2D eigenvalue weighted by Gasteiger charge is -2.29. The van der Waals surface area contributed by atoms with Gasteiger partial charge in [0.2, 0.25) is 0 Å². The lowest BCUT2D eigenvalue weighted by molar-refractivity contribution is 0.302. The summed E-state index contributed by atoms with van der Waals surface area (Å²) in [7, 11) is 0. The molecule has 1 heteroatoms. The smallest absolute Gasteiger partial charge is 0.146 e. The molecule has 0 bridgehead atoms. The van der Waals surface area contributed by atoms with Gasteiger partial charge in [0.1, 0.15) is 5.82 Å². The van der Waals surface area contributed by atoms with E-state index in [0.717, 1.165) is 23.3 Å². The quantitative estimate of drug-likeness (QED) is 0.168. The summed E-state index contributed by atoms with van der Waals surface area (Å²) in [6.07, 6.45) is 19.8. The van der Waals surface area contributed by atoms with Crippen molar-refractivity contribution in [1.29, 1.82) is 0 Å². The van der Waals surface area contributed by atoms with Crippen LogP contribution in [0.25, 0.3) is 10.8 Å². The first-order valence-corrected chi connectivity index (χ1v) is 15.5. The topological polar surface area (TPSA) is 0 Å². The zero-order valence-electron chi connectivity index (χ0n) is 23.8. The fourth-order valence-corrected chi connectivity index (χ4v) is 6.15. The maximum Gasteiger partial charge on any atom is 0.146 e. The molecule has 1 aliphatic rings. The number of aryl methyl sites for hydroxylation is 1. The molecule has 1 aliphatic carbocycles. The van der Waals surface area contributed by atoms with Gasteiger partial charge in [-0.2, -0.15) is 0 Å². The van der Waals surface area contributed by atoms with Crippen molar-refractivity contribution in [3.05, 3.63) is 82.7 Å². The molecule has 3 aromatic rings. The SMILES string of the molecule is CCCCCCCC1CCC(c2ccc(C#Cc3ccc4cc(CCCCCC)ccc4c3F)cc2)CC1. The number of rotatable bonds is 12. The minimum Gasteiger partial charge on any atom is -0.205 e. The van der Waals surface area contributed by atoms with Crippen LogP contribution in [-0.2, 0) is 6.42 Å². The Kier molecular flexibility index (Phi) is 11.3. The summed E-state index contributed by atoms with van der Waals surface area (Å²) >= 11 is 0. The van der Waals surface area contributed by atoms with Gasteiger partial charge in [-0.25, -0.2) is 4.39 Å². The molecule has 0 atom stereocenters. The molecule has 0 nitrogen and oxygen atoms in total. The summed E-state index contributed by atoms with van der Waals surface area (Å²) in [4.78, 5) is 0. The maximum atomic E-state index is 15.2. The maximum absolute atomic E-state index is 15.2. The predicted molar refractivity (Wildman–Crippen MR) is 162 cm³/mol. The van der Waals surface area contributed by atoms with Crippen molar-refractivity contribution >= 4 is 10.8 Å². The minimum absolute atomic E-state index is 0.203. The number of halogens is 1. The van der Waals surface area contributed by atoms with Crippen LogP contribution in [0.5, 0.6) is 0 Å². The van der Waals surface area contributed by atoms with Crippen LogP contribution < -0.4 is 0 Å². The Hall–Kier alpha value is -2.59. The van der Waals surface area contributed by atoms with Gasteiger partial charge >= 0.3 is 0 Å². The van der Waals surface area contributed by atoms with Crippen molar-refractivity contribution < 1.29 is 4.39 Å². The van der Waals surface area contributed by atoms with E-state index in [1.54, 1.807) is 0 Å². The van der Waals surface area contributed by atoms with Gasteiger partial charge in [0.25, 0.3) is 0 Å². The van der Waals surface area contributed by atoms with Gasteiger partial charge in [-0.1, -0.05) is 120 Å². The van der Waals surface area contributed by atoms with Crippen molar-refractivity contribution in [2.75, 3.05) is 0 Å². The van der Waals surface area contributed by atoms with Gasteiger partial charge in [-0.15, -0.1) is 0 Å². The van der Waals surface area contributed by atoms with E-state index in [9.17, 15) is 0 Å². The third-order valence-electron chi connectivity index (χ3n) is 8.62. The lowest BCUT2D eigenvalue weighted by Crippen LogP contribution is -2.13. The van der Waals surface area contributed by atoms with E-state index in [2.05, 4.69) is 62.1 Å². The summed E-state index contributed by atoms with van der Waals surface area (Å²) in [6, 6.07) is 18.7. The molecule has 0 N–H and O–H groups in total. The van der Waals surface area contributed by atoms with Crippen LogP contribution in [-0.4, -0.2) is 0 Å². The minimum atomic E-state index is -0.203. The average molecular weight is 511 g/mol. The summed E-state index contributed by atoms with van der Waals surface area (Å²) in [5, 5.41) is 1.64. The van der Waals surface area contributed by atoms with Gasteiger partial charge in [0.15, 0.2) is 0 Å². The molecule has 0 spiro atoms. The zero-order valence-corrected chi connectivity index (χ0v) is 23.8. The Bertz CT molecular complexity index is 1190. The summed E-state index contributed by atoms with van der Waals surface area (Å²) in [5.41, 5.74) is 4.17. The van der Waals surface area contributed by atoms with E-state index in [1.807, 2.05) is 18.2 Å². The number of hydrogen-bond donors (Lipinski definition) is 0. The molecule has 0 heterocycles. The molecule has 0 saturated heterocycles. The Morgan fingerprint density at radius 3 is 2.16 bits per heavy atom. The summed E-state index contributed by atoms with van der Waals surface area (Å²) in [6.45, 7) is 4.52. The third-order valence-corrected chi connectivity index (χ3v) is 8.62. The van der Waals surface area contributed by atoms with Crippen LogP contribution in [0.2, 0.25) is 0 Å². The van der Waals surface area contributed by atoms with Gasteiger partial charge in [0.05, 0.1) is 5.56 Å². The van der Waals surface area contributed by atoms with Gasteiger partial charge in [0, 0.05) is 10.9 Å². The highest BCUT2D eigenvalue weighted by Gasteiger charge is 2.22. The fourth-order valence-electron chi connectivity index (χ4n) is 6.15. The first-order valence-electron chi connectivity index (χ1n) is 15.5. The number of fused-ring (bicyclic) bond motifs is 1. The fraction of sp³-hybridized carbons (Fsp3) is 0.514. The molecule has 3 aromatic carbocycles. The molecule has 0 aliphatic heterocycles. The van der Waals surface area contributed by atoms with Gasteiger partial charge in [-0.3, -0.25) is 0 Å². The largest absolute Gasteiger partial charge is 0.205 e. The average Bonchev–Trinajstić information content (AvgIpc) is 2.95. The van der Waals surface area contributed by atoms with Crippen LogP contribution in [0.1, 0.15) is 132 Å². The Morgan fingerprint density at radius 2 is 1.42 bits per heavy atom. The Balaban J connectivity index is 1.31. The van der Waals surface area contributed by atoms with Crippen LogP contribution >= 0.6 is 0 Å². The van der Waals surface area contributed by atoms with Crippen LogP contribution in [0, 0.1) is 23.6 Å². The molecule has 0 radical (unpaired) electrons. The molecule has 0 unspecified atom stereocenters. The highest BCUT2D eigenvalue weighted by molar-refractivity contribution is 5.85. The molecule has 1 saturated carbocycles. The van der Waals surface area contributed by atoms with Crippen LogP contribution in [0.4, 0.5) is 4.39 Å². The number of hydrogen-bond acceptors (Lipinski definition) is 0. The molecule has 38 heavy (non-hydrogen) atoms. The van der Waals surface area contributed by atoms with E-state index >= 15 is 4.39 Å². The second-order valence-electron chi connectivity index (χ2n) is 11.6. The van der Waals surface area contributed by atoms with Crippen molar-refractivity contribution in [1.82, 2.24) is 0 Å². The number of unbranched alkanes of at least 4 members (excludes halogenated alkanes) is 7. The molecule has 202 valence electrons. The summed E-state index contributed by atoms with van der Waals surface area (Å²) in [5.74, 6) is 7.72. The van der Waals surface area contributed by atoms with Crippen LogP contribution in [0.3, 0.4) is 0 Å². The van der Waals surface area contributed by atoms with E-state index in [4.69, 9.17) is 0 Å². The summed E-state index contributed by atoms with van der Waals surface area (Å²) < 4.78 is 15.2. The lowest BCUT2D eigenvalue weighted by atomic mass is 9.77. The van der Waals surface area contributed by atoms with E-state index in [0.29, 0.717) is 16.9 Å². The molecule has 4 rings (SSSR count). The zero-order chi connectivity index (χ0) is 26.6. The standard InChI is InChI=1S/C37H47F/c1-3-5-7-9-11-12-29-14-20-32(21-15-29)33-22-16-30(17-23-33)18-24-34-25-26-35-28-31(13-10-8-6-4-2)19-27-36(35)37(34)38/h16-17,19,22-23,25-29,32H,3-15,20-21H2,1-2H3. The normalized spacial score (nSPS) is 17.3. The molecular formula is C37H47F. The highest BCUT2D eigenvalue weighted by atomic mass is 19.1. The Labute approximate surface area is 231 Å². The van der Waals surface area contributed by atoms with E-state index < -0.39 is 0 Å². The Morgan fingerprint density at radius 1 is 0.711 bits per heavy atom. The third kappa shape index (κ3) is 8.20. The second-order valence-corrected chi connectivity index (χ2v) is 11.6. The van der Waals surface area contributed by atoms with Crippen molar-refractivity contribution in [3.63, 3.8) is 0 Å². The molecular weight excluding hydrogens is 463 g/mol. The van der Waals surface area contributed by atoms with E-state index in [1.165, 1.54) is 101 Å². The first kappa shape index (κ1) is 28.4. The van der Waals surface area contributed by atoms with Crippen molar-refractivity contribution in [2.45, 2.75) is 116 Å². The van der Waals surface area contributed by atoms with Crippen molar-refractivity contribution in [3.8, 4) is 11.8 Å². The molecule has 0 amide bonds. The molecule has 0 aromatic heterocycles. The second kappa shape index (κ2) is 15.1. The van der Waals surface area contributed by atoms with E-state index in [-0.39, 0.29) is 5.82 Å².